The lowest BCUT2D eigenvalue weighted by molar-refractivity contribution is -0.136. The van der Waals surface area contributed by atoms with Crippen LogP contribution in [0.2, 0.25) is 0 Å². The second kappa shape index (κ2) is 17.7. The molecule has 17 heteroatoms. The number of benzene rings is 2. The lowest BCUT2D eigenvalue weighted by Gasteiger charge is -2.44. The van der Waals surface area contributed by atoms with E-state index in [9.17, 15) is 19.2 Å². The van der Waals surface area contributed by atoms with Crippen LogP contribution in [0.25, 0.3) is 22.3 Å². The van der Waals surface area contributed by atoms with Gasteiger partial charge in [-0.05, 0) is 117 Å². The molecule has 4 fully saturated rings. The first-order valence-corrected chi connectivity index (χ1v) is 24.0. The Kier molecular flexibility index (Phi) is 11.4. The number of nitrogens with one attached hydrogen (secondary N) is 2. The van der Waals surface area contributed by atoms with Crippen LogP contribution in [0.1, 0.15) is 76.9 Å². The van der Waals surface area contributed by atoms with Crippen molar-refractivity contribution in [3.8, 4) is 17.1 Å². The minimum absolute atomic E-state index is 0.140. The van der Waals surface area contributed by atoms with Crippen molar-refractivity contribution in [1.29, 1.82) is 0 Å². The van der Waals surface area contributed by atoms with Crippen LogP contribution in [0.5, 0.6) is 5.88 Å². The van der Waals surface area contributed by atoms with Gasteiger partial charge < -0.3 is 28.7 Å². The van der Waals surface area contributed by atoms with E-state index in [2.05, 4.69) is 59.3 Å². The van der Waals surface area contributed by atoms with Crippen LogP contribution < -0.4 is 25.2 Å². The Morgan fingerprint density at radius 3 is 2.49 bits per heavy atom. The van der Waals surface area contributed by atoms with Crippen LogP contribution in [-0.4, -0.2) is 129 Å². The molecule has 1 saturated carbocycles. The molecule has 17 nitrogen and oxygen atoms in total. The first-order chi connectivity index (χ1) is 32.5. The van der Waals surface area contributed by atoms with Crippen LogP contribution in [0.3, 0.4) is 0 Å². The molecular formula is C50H59N11O6. The number of ether oxygens (including phenoxy) is 2. The van der Waals surface area contributed by atoms with Crippen LogP contribution in [-0.2, 0) is 34.5 Å². The Balaban J connectivity index is 0.766. The number of hydrogen-bond acceptors (Lipinski definition) is 12. The predicted octanol–water partition coefficient (Wildman–Crippen LogP) is 5.02. The van der Waals surface area contributed by atoms with Crippen LogP contribution in [0.15, 0.2) is 54.7 Å². The summed E-state index contributed by atoms with van der Waals surface area (Å²) in [5.41, 5.74) is 8.35. The number of methoxy groups -OCH3 is 1. The highest BCUT2D eigenvalue weighted by Gasteiger charge is 2.40. The van der Waals surface area contributed by atoms with E-state index in [1.807, 2.05) is 38.2 Å². The molecule has 2 N–H and O–H groups in total. The molecule has 1 unspecified atom stereocenters. The third-order valence-electron chi connectivity index (χ3n) is 15.2. The Morgan fingerprint density at radius 2 is 1.66 bits per heavy atom. The van der Waals surface area contributed by atoms with Gasteiger partial charge >= 0.3 is 0 Å². The van der Waals surface area contributed by atoms with Gasteiger partial charge in [0.05, 0.1) is 47.7 Å². The molecule has 2 aromatic carbocycles. The molecule has 8 heterocycles. The summed E-state index contributed by atoms with van der Waals surface area (Å²) in [6, 6.07) is 15.8. The third-order valence-corrected chi connectivity index (χ3v) is 15.2. The van der Waals surface area contributed by atoms with Crippen molar-refractivity contribution in [1.82, 2.24) is 39.4 Å². The SMILES string of the molecule is COC[C@@H]1CN(c2ccc3nc4n(c3c2)C[C@@H]2CC[C@H](COc3c(cnn3C)-c3cc(cc(C)n3)C(=O)N4)C2)CCN1CC1CCN(c2ccc3c(c2)CN(C2CCC(=O)NC2=O)C3=O)CC1. The molecule has 67 heavy (non-hydrogen) atoms. The highest BCUT2D eigenvalue weighted by atomic mass is 16.5. The van der Waals surface area contributed by atoms with Crippen molar-refractivity contribution in [2.75, 3.05) is 74.7 Å². The van der Waals surface area contributed by atoms with Crippen LogP contribution in [0, 0.1) is 24.7 Å². The summed E-state index contributed by atoms with van der Waals surface area (Å²) in [6.07, 6.45) is 7.67. The second-order valence-electron chi connectivity index (χ2n) is 19.6. The van der Waals surface area contributed by atoms with Crippen molar-refractivity contribution in [2.24, 2.45) is 24.8 Å². The average Bonchev–Trinajstić information content (AvgIpc) is 4.10. The summed E-state index contributed by atoms with van der Waals surface area (Å²) < 4.78 is 16.3. The van der Waals surface area contributed by atoms with Crippen molar-refractivity contribution in [3.05, 3.63) is 77.1 Å². The van der Waals surface area contributed by atoms with Gasteiger partial charge in [0.15, 0.2) is 0 Å². The fourth-order valence-electron chi connectivity index (χ4n) is 11.6. The van der Waals surface area contributed by atoms with E-state index in [1.54, 1.807) is 22.9 Å². The van der Waals surface area contributed by atoms with Crippen molar-refractivity contribution >= 4 is 52.0 Å². The molecular weight excluding hydrogens is 851 g/mol. The Hall–Kier alpha value is -6.33. The van der Waals surface area contributed by atoms with Gasteiger partial charge in [-0.1, -0.05) is 0 Å². The van der Waals surface area contributed by atoms with E-state index in [0.717, 1.165) is 117 Å². The van der Waals surface area contributed by atoms with E-state index in [-0.39, 0.29) is 36.1 Å². The average molecular weight is 910 g/mol. The van der Waals surface area contributed by atoms with E-state index in [1.165, 1.54) is 0 Å². The largest absolute Gasteiger partial charge is 0.477 e. The molecule has 4 amide bonds. The van der Waals surface area contributed by atoms with Crippen LogP contribution in [0.4, 0.5) is 17.3 Å². The molecule has 3 aromatic heterocycles. The highest BCUT2D eigenvalue weighted by molar-refractivity contribution is 6.06. The summed E-state index contributed by atoms with van der Waals surface area (Å²) in [4.78, 5) is 70.6. The first-order valence-electron chi connectivity index (χ1n) is 24.0. The molecule has 4 atom stereocenters. The lowest BCUT2D eigenvalue weighted by atomic mass is 9.94. The predicted molar refractivity (Wildman–Crippen MR) is 252 cm³/mol. The third kappa shape index (κ3) is 8.40. The number of piperazine rings is 1. The van der Waals surface area contributed by atoms with Crippen molar-refractivity contribution in [3.63, 3.8) is 0 Å². The molecule has 0 radical (unpaired) electrons. The number of aromatic nitrogens is 5. The minimum Gasteiger partial charge on any atom is -0.477 e. The van der Waals surface area contributed by atoms with Crippen molar-refractivity contribution in [2.45, 2.75) is 77.0 Å². The number of rotatable bonds is 7. The number of carbonyl (C=O) groups is 4. The number of carbonyl (C=O) groups excluding carboxylic acids is 4. The molecule has 5 aromatic rings. The fourth-order valence-corrected chi connectivity index (χ4v) is 11.6. The number of hydrogen-bond donors (Lipinski definition) is 2. The monoisotopic (exact) mass is 909 g/mol. The number of pyridine rings is 1. The van der Waals surface area contributed by atoms with Crippen molar-refractivity contribution < 1.29 is 28.7 Å². The molecule has 0 spiro atoms. The summed E-state index contributed by atoms with van der Waals surface area (Å²) >= 11 is 0. The van der Waals surface area contributed by atoms with Gasteiger partial charge in [-0.3, -0.25) is 39.7 Å². The standard InChI is InChI=1S/C50H59N11O6/c1-30-18-34-21-42(52-30)40-23-51-56(2)49(40)67-28-33-5-4-32(19-33)25-61-44-22-37(7-9-41(44)53-50(61)55-46(34)63)59-17-16-58(38(27-59)29-66-3)24-31-12-14-57(15-13-31)36-6-8-39-35(20-36)26-60(48(39)65)43-10-11-45(62)54-47(43)64/h6-9,18,20-23,31-33,38,43H,4-5,10-17,19,24-29H2,1-3H3,(H,53,55,63)(H,54,62,64)/t32-,33+,38+,43?/m1/s1. The molecule has 5 aliphatic heterocycles. The molecule has 6 aliphatic rings. The van der Waals surface area contributed by atoms with Crippen LogP contribution >= 0.6 is 0 Å². The number of imidazole rings is 1. The topological polar surface area (TPSA) is 172 Å². The van der Waals surface area contributed by atoms with Gasteiger partial charge in [0.2, 0.25) is 23.6 Å². The molecule has 11 rings (SSSR count). The summed E-state index contributed by atoms with van der Waals surface area (Å²) in [6.45, 7) is 9.80. The summed E-state index contributed by atoms with van der Waals surface area (Å²) in [5, 5.41) is 10.1. The molecule has 3 saturated heterocycles. The zero-order valence-electron chi connectivity index (χ0n) is 38.6. The van der Waals surface area contributed by atoms with E-state index in [4.69, 9.17) is 19.4 Å². The Morgan fingerprint density at radius 1 is 0.836 bits per heavy atom. The minimum atomic E-state index is -0.613. The molecule has 1 aliphatic carbocycles. The number of anilines is 3. The van der Waals surface area contributed by atoms with Gasteiger partial charge in [0, 0.05) is 101 Å². The second-order valence-corrected chi connectivity index (χ2v) is 19.6. The number of imide groups is 1. The number of amides is 4. The van der Waals surface area contributed by atoms with E-state index in [0.29, 0.717) is 72.6 Å². The van der Waals surface area contributed by atoms with E-state index >= 15 is 0 Å². The van der Waals surface area contributed by atoms with Gasteiger partial charge in [-0.25, -0.2) is 9.67 Å². The Bertz CT molecular complexity index is 2760. The lowest BCUT2D eigenvalue weighted by Crippen LogP contribution is -2.56. The number of aryl methyl sites for hydroxylation is 2. The number of piperidine rings is 2. The van der Waals surface area contributed by atoms with Gasteiger partial charge in [-0.15, -0.1) is 0 Å². The number of nitrogens with zero attached hydrogens (tertiary/aromatic N) is 9. The number of fused-ring (bicyclic) bond motifs is 10. The highest BCUT2D eigenvalue weighted by Crippen LogP contribution is 2.38. The first kappa shape index (κ1) is 43.3. The normalized spacial score (nSPS) is 23.9. The maximum Gasteiger partial charge on any atom is 0.258 e. The smallest absolute Gasteiger partial charge is 0.258 e. The maximum absolute atomic E-state index is 14.1. The fraction of sp³-hybridized carbons (Fsp3) is 0.500. The zero-order valence-corrected chi connectivity index (χ0v) is 38.6. The molecule has 350 valence electrons. The quantitative estimate of drug-likeness (QED) is 0.210. The van der Waals surface area contributed by atoms with Gasteiger partial charge in [-0.2, -0.15) is 5.10 Å². The summed E-state index contributed by atoms with van der Waals surface area (Å²) in [7, 11) is 3.67. The van der Waals surface area contributed by atoms with Gasteiger partial charge in [0.25, 0.3) is 11.8 Å². The Labute approximate surface area is 389 Å². The summed E-state index contributed by atoms with van der Waals surface area (Å²) in [5.74, 6) is 1.54. The molecule has 4 bridgehead atoms. The van der Waals surface area contributed by atoms with E-state index < -0.39 is 6.04 Å². The maximum atomic E-state index is 14.1. The van der Waals surface area contributed by atoms with Gasteiger partial charge in [0.1, 0.15) is 6.04 Å². The zero-order chi connectivity index (χ0) is 45.9.